The minimum atomic E-state index is 0.0467. The molecule has 1 aromatic carbocycles. The first kappa shape index (κ1) is 19.5. The van der Waals surface area contributed by atoms with E-state index < -0.39 is 0 Å². The van der Waals surface area contributed by atoms with E-state index in [1.165, 1.54) is 16.9 Å². The summed E-state index contributed by atoms with van der Waals surface area (Å²) in [6.45, 7) is 9.37. The first-order valence-corrected chi connectivity index (χ1v) is 11.3. The Labute approximate surface area is 173 Å². The maximum absolute atomic E-state index is 13.2. The van der Waals surface area contributed by atoms with Gasteiger partial charge < -0.3 is 4.74 Å². The van der Waals surface area contributed by atoms with Gasteiger partial charge in [-0.25, -0.2) is 4.98 Å². The number of thiophene rings is 1. The van der Waals surface area contributed by atoms with E-state index in [2.05, 4.69) is 30.9 Å². The van der Waals surface area contributed by atoms with Crippen LogP contribution in [0, 0.1) is 13.8 Å². The summed E-state index contributed by atoms with van der Waals surface area (Å²) in [7, 11) is 0. The lowest BCUT2D eigenvalue weighted by Crippen LogP contribution is -2.39. The number of hydrogen-bond acceptors (Lipinski definition) is 6. The lowest BCUT2D eigenvalue weighted by Gasteiger charge is -2.27. The fraction of sp³-hybridized carbons (Fsp3) is 0.429. The van der Waals surface area contributed by atoms with Crippen LogP contribution >= 0.6 is 22.7 Å². The van der Waals surface area contributed by atoms with Crippen molar-refractivity contribution in [1.29, 1.82) is 0 Å². The van der Waals surface area contributed by atoms with Crippen LogP contribution in [0.2, 0.25) is 0 Å². The number of amides is 1. The third kappa shape index (κ3) is 4.27. The Hall–Kier alpha value is -1.80. The summed E-state index contributed by atoms with van der Waals surface area (Å²) in [5, 5.41) is 2.74. The molecule has 28 heavy (non-hydrogen) atoms. The largest absolute Gasteiger partial charge is 0.379 e. The fourth-order valence-electron chi connectivity index (χ4n) is 3.57. The average Bonchev–Trinajstić information content (AvgIpc) is 3.35. The van der Waals surface area contributed by atoms with Crippen molar-refractivity contribution >= 4 is 43.9 Å². The molecule has 0 radical (unpaired) electrons. The molecule has 1 aliphatic heterocycles. The van der Waals surface area contributed by atoms with E-state index in [1.54, 1.807) is 11.3 Å². The molecule has 1 fully saturated rings. The van der Waals surface area contributed by atoms with Gasteiger partial charge in [-0.15, -0.1) is 11.3 Å². The smallest absolute Gasteiger partial charge is 0.270 e. The number of aryl methyl sites for hydroxylation is 2. The zero-order valence-electron chi connectivity index (χ0n) is 16.3. The highest BCUT2D eigenvalue weighted by molar-refractivity contribution is 7.22. The molecule has 3 aromatic rings. The van der Waals surface area contributed by atoms with Crippen LogP contribution in [0.25, 0.3) is 10.2 Å². The van der Waals surface area contributed by atoms with Gasteiger partial charge in [0.15, 0.2) is 5.13 Å². The van der Waals surface area contributed by atoms with Crippen LogP contribution in [0.15, 0.2) is 29.6 Å². The molecule has 148 valence electrons. The van der Waals surface area contributed by atoms with E-state index in [0.717, 1.165) is 65.1 Å². The number of benzene rings is 1. The number of carbonyl (C=O) groups is 1. The van der Waals surface area contributed by atoms with Crippen molar-refractivity contribution in [2.45, 2.75) is 20.3 Å². The number of aromatic nitrogens is 1. The minimum Gasteiger partial charge on any atom is -0.379 e. The molecule has 0 spiro atoms. The van der Waals surface area contributed by atoms with Gasteiger partial charge in [0.1, 0.15) is 0 Å². The van der Waals surface area contributed by atoms with Crippen molar-refractivity contribution in [3.05, 3.63) is 45.6 Å². The molecule has 1 saturated heterocycles. The van der Waals surface area contributed by atoms with E-state index in [1.807, 2.05) is 22.4 Å². The SMILES string of the molecule is Cc1cc(C)c2nc(N(CCCN3CCOCC3)C(=O)c3cccs3)sc2c1. The Bertz CT molecular complexity index is 946. The van der Waals surface area contributed by atoms with Crippen LogP contribution < -0.4 is 4.90 Å². The van der Waals surface area contributed by atoms with Gasteiger partial charge in [-0.3, -0.25) is 14.6 Å². The van der Waals surface area contributed by atoms with Gasteiger partial charge in [0.25, 0.3) is 5.91 Å². The highest BCUT2D eigenvalue weighted by Crippen LogP contribution is 2.33. The Morgan fingerprint density at radius 2 is 2.11 bits per heavy atom. The fourth-order valence-corrected chi connectivity index (χ4v) is 5.41. The highest BCUT2D eigenvalue weighted by Gasteiger charge is 2.23. The number of nitrogens with zero attached hydrogens (tertiary/aromatic N) is 3. The number of hydrogen-bond donors (Lipinski definition) is 0. The van der Waals surface area contributed by atoms with Gasteiger partial charge in [-0.05, 0) is 48.9 Å². The Balaban J connectivity index is 1.57. The normalized spacial score (nSPS) is 15.2. The highest BCUT2D eigenvalue weighted by atomic mass is 32.1. The second-order valence-electron chi connectivity index (χ2n) is 7.17. The second-order valence-corrected chi connectivity index (χ2v) is 9.12. The number of ether oxygens (including phenoxy) is 1. The van der Waals surface area contributed by atoms with Gasteiger partial charge in [0.05, 0.1) is 28.3 Å². The van der Waals surface area contributed by atoms with E-state index in [-0.39, 0.29) is 5.91 Å². The predicted octanol–water partition coefficient (Wildman–Crippen LogP) is 4.34. The van der Waals surface area contributed by atoms with Crippen LogP contribution in [0.4, 0.5) is 5.13 Å². The molecule has 1 amide bonds. The standard InChI is InChI=1S/C21H25N3O2S2/c1-15-13-16(2)19-18(14-15)28-21(22-19)24(20(25)17-5-3-12-27-17)7-4-6-23-8-10-26-11-9-23/h3,5,12-14H,4,6-11H2,1-2H3. The summed E-state index contributed by atoms with van der Waals surface area (Å²) in [4.78, 5) is 23.1. The third-order valence-electron chi connectivity index (χ3n) is 4.99. The van der Waals surface area contributed by atoms with E-state index in [9.17, 15) is 4.79 Å². The molecule has 0 atom stereocenters. The summed E-state index contributed by atoms with van der Waals surface area (Å²) >= 11 is 3.10. The Morgan fingerprint density at radius 1 is 1.29 bits per heavy atom. The number of anilines is 1. The first-order chi connectivity index (χ1) is 13.6. The van der Waals surface area contributed by atoms with Crippen LogP contribution in [0.3, 0.4) is 0 Å². The molecule has 0 bridgehead atoms. The van der Waals surface area contributed by atoms with Crippen LogP contribution in [-0.2, 0) is 4.74 Å². The maximum atomic E-state index is 13.2. The molecule has 2 aromatic heterocycles. The quantitative estimate of drug-likeness (QED) is 0.601. The molecule has 7 heteroatoms. The molecular weight excluding hydrogens is 390 g/mol. The number of fused-ring (bicyclic) bond motifs is 1. The summed E-state index contributed by atoms with van der Waals surface area (Å²) in [5.41, 5.74) is 3.39. The predicted molar refractivity (Wildman–Crippen MR) is 117 cm³/mol. The maximum Gasteiger partial charge on any atom is 0.270 e. The van der Waals surface area contributed by atoms with Crippen LogP contribution in [0.1, 0.15) is 27.2 Å². The van der Waals surface area contributed by atoms with Crippen molar-refractivity contribution in [3.8, 4) is 0 Å². The molecule has 3 heterocycles. The number of rotatable bonds is 6. The summed E-state index contributed by atoms with van der Waals surface area (Å²) in [5.74, 6) is 0.0467. The Kier molecular flexibility index (Phi) is 6.06. The summed E-state index contributed by atoms with van der Waals surface area (Å²) in [6.07, 6.45) is 0.922. The molecule has 5 nitrogen and oxygen atoms in total. The van der Waals surface area contributed by atoms with Crippen molar-refractivity contribution in [3.63, 3.8) is 0 Å². The van der Waals surface area contributed by atoms with Crippen molar-refractivity contribution in [2.24, 2.45) is 0 Å². The molecular formula is C21H25N3O2S2. The minimum absolute atomic E-state index is 0.0467. The average molecular weight is 416 g/mol. The number of morpholine rings is 1. The number of thiazole rings is 1. The first-order valence-electron chi connectivity index (χ1n) is 9.65. The van der Waals surface area contributed by atoms with Gasteiger partial charge >= 0.3 is 0 Å². The van der Waals surface area contributed by atoms with Crippen molar-refractivity contribution < 1.29 is 9.53 Å². The summed E-state index contributed by atoms with van der Waals surface area (Å²) in [6, 6.07) is 8.13. The van der Waals surface area contributed by atoms with Crippen molar-refractivity contribution in [1.82, 2.24) is 9.88 Å². The van der Waals surface area contributed by atoms with Crippen LogP contribution in [-0.4, -0.2) is 55.2 Å². The molecule has 0 N–H and O–H groups in total. The Morgan fingerprint density at radius 3 is 2.86 bits per heavy atom. The lowest BCUT2D eigenvalue weighted by molar-refractivity contribution is 0.0376. The second kappa shape index (κ2) is 8.69. The van der Waals surface area contributed by atoms with Gasteiger partial charge in [0.2, 0.25) is 0 Å². The lowest BCUT2D eigenvalue weighted by atomic mass is 10.1. The third-order valence-corrected chi connectivity index (χ3v) is 6.87. The molecule has 0 unspecified atom stereocenters. The molecule has 0 saturated carbocycles. The van der Waals surface area contributed by atoms with Gasteiger partial charge in [-0.2, -0.15) is 0 Å². The molecule has 4 rings (SSSR count). The topological polar surface area (TPSA) is 45.7 Å². The van der Waals surface area contributed by atoms with E-state index >= 15 is 0 Å². The molecule has 0 aliphatic carbocycles. The van der Waals surface area contributed by atoms with Gasteiger partial charge in [0, 0.05) is 26.2 Å². The monoisotopic (exact) mass is 415 g/mol. The summed E-state index contributed by atoms with van der Waals surface area (Å²) < 4.78 is 6.57. The van der Waals surface area contributed by atoms with E-state index in [0.29, 0.717) is 6.54 Å². The van der Waals surface area contributed by atoms with Gasteiger partial charge in [-0.1, -0.05) is 23.5 Å². The van der Waals surface area contributed by atoms with E-state index in [4.69, 9.17) is 9.72 Å². The zero-order chi connectivity index (χ0) is 19.5. The van der Waals surface area contributed by atoms with Crippen molar-refractivity contribution in [2.75, 3.05) is 44.3 Å². The zero-order valence-corrected chi connectivity index (χ0v) is 17.9. The number of carbonyl (C=O) groups excluding carboxylic acids is 1. The van der Waals surface area contributed by atoms with Crippen LogP contribution in [0.5, 0.6) is 0 Å². The molecule has 1 aliphatic rings.